The third-order valence-corrected chi connectivity index (χ3v) is 2.00. The summed E-state index contributed by atoms with van der Waals surface area (Å²) in [5.74, 6) is 0.268. The van der Waals surface area contributed by atoms with E-state index in [0.717, 1.165) is 12.8 Å². The molecule has 0 rings (SSSR count). The van der Waals surface area contributed by atoms with Gasteiger partial charge >= 0.3 is 0 Å². The summed E-state index contributed by atoms with van der Waals surface area (Å²) < 4.78 is 0. The molecular formula is C10H20N2O2. The van der Waals surface area contributed by atoms with E-state index in [-0.39, 0.29) is 24.2 Å². The van der Waals surface area contributed by atoms with Crippen LogP contribution < -0.4 is 11.1 Å². The second-order valence-electron chi connectivity index (χ2n) is 3.63. The fourth-order valence-corrected chi connectivity index (χ4v) is 1.01. The molecule has 0 aliphatic rings. The smallest absolute Gasteiger partial charge is 0.233 e. The van der Waals surface area contributed by atoms with E-state index < -0.39 is 0 Å². The first-order valence-corrected chi connectivity index (χ1v) is 5.07. The summed E-state index contributed by atoms with van der Waals surface area (Å²) in [6.07, 6.45) is 2.28. The first kappa shape index (κ1) is 13.1. The van der Waals surface area contributed by atoms with Gasteiger partial charge in [-0.2, -0.15) is 0 Å². The van der Waals surface area contributed by atoms with Crippen molar-refractivity contribution in [2.24, 2.45) is 11.7 Å². The lowest BCUT2D eigenvalue weighted by Gasteiger charge is -2.04. The lowest BCUT2D eigenvalue weighted by Crippen LogP contribution is -2.30. The third-order valence-electron chi connectivity index (χ3n) is 2.00. The van der Waals surface area contributed by atoms with Crippen LogP contribution in [0.1, 0.15) is 33.1 Å². The van der Waals surface area contributed by atoms with Crippen molar-refractivity contribution in [2.75, 3.05) is 13.1 Å². The van der Waals surface area contributed by atoms with Gasteiger partial charge in [-0.15, -0.1) is 0 Å². The van der Waals surface area contributed by atoms with Crippen molar-refractivity contribution in [3.63, 3.8) is 0 Å². The minimum Gasteiger partial charge on any atom is -0.355 e. The Kier molecular flexibility index (Phi) is 7.02. The van der Waals surface area contributed by atoms with E-state index in [9.17, 15) is 9.59 Å². The Morgan fingerprint density at radius 3 is 2.43 bits per heavy atom. The van der Waals surface area contributed by atoms with Gasteiger partial charge in [0.1, 0.15) is 5.78 Å². The number of Topliss-reactive ketones (excluding diaryl/α,β-unsaturated/α-hetero) is 1. The average molecular weight is 200 g/mol. The van der Waals surface area contributed by atoms with Gasteiger partial charge in [0.25, 0.3) is 0 Å². The van der Waals surface area contributed by atoms with Crippen LogP contribution in [-0.4, -0.2) is 24.8 Å². The number of carbonyl (C=O) groups is 2. The molecule has 0 saturated carbocycles. The van der Waals surface area contributed by atoms with Crippen LogP contribution in [0.4, 0.5) is 0 Å². The van der Waals surface area contributed by atoms with Crippen LogP contribution in [0.2, 0.25) is 0 Å². The number of nitrogens with one attached hydrogen (secondary N) is 1. The van der Waals surface area contributed by atoms with Crippen LogP contribution in [0.5, 0.6) is 0 Å². The molecule has 0 atom stereocenters. The van der Waals surface area contributed by atoms with Gasteiger partial charge in [-0.25, -0.2) is 0 Å². The van der Waals surface area contributed by atoms with Crippen LogP contribution >= 0.6 is 0 Å². The summed E-state index contributed by atoms with van der Waals surface area (Å²) in [5.41, 5.74) is 5.11. The number of nitrogens with two attached hydrogens (primary N) is 1. The second kappa shape index (κ2) is 7.50. The van der Waals surface area contributed by atoms with Gasteiger partial charge in [-0.1, -0.05) is 13.8 Å². The van der Waals surface area contributed by atoms with Gasteiger partial charge in [0.2, 0.25) is 5.91 Å². The standard InChI is InChI=1S/C10H20N2O2/c1-8(2)9(13)5-3-4-6-12-10(14)7-11/h8H,3-7,11H2,1-2H3,(H,12,14). The number of carbonyl (C=O) groups excluding carboxylic acids is 2. The maximum atomic E-state index is 11.2. The Bertz CT molecular complexity index is 191. The van der Waals surface area contributed by atoms with Crippen molar-refractivity contribution in [2.45, 2.75) is 33.1 Å². The maximum Gasteiger partial charge on any atom is 0.233 e. The summed E-state index contributed by atoms with van der Waals surface area (Å²) in [4.78, 5) is 21.9. The van der Waals surface area contributed by atoms with Crippen molar-refractivity contribution in [1.82, 2.24) is 5.32 Å². The van der Waals surface area contributed by atoms with Crippen LogP contribution in [0.15, 0.2) is 0 Å². The molecule has 4 heteroatoms. The second-order valence-corrected chi connectivity index (χ2v) is 3.63. The van der Waals surface area contributed by atoms with E-state index in [2.05, 4.69) is 5.32 Å². The highest BCUT2D eigenvalue weighted by Gasteiger charge is 2.05. The van der Waals surface area contributed by atoms with Gasteiger partial charge in [-0.05, 0) is 12.8 Å². The molecule has 0 aromatic rings. The molecule has 0 aromatic carbocycles. The summed E-state index contributed by atoms with van der Waals surface area (Å²) in [6, 6.07) is 0. The summed E-state index contributed by atoms with van der Waals surface area (Å²) in [7, 11) is 0. The lowest BCUT2D eigenvalue weighted by atomic mass is 10.0. The molecule has 14 heavy (non-hydrogen) atoms. The Morgan fingerprint density at radius 2 is 1.93 bits per heavy atom. The molecule has 0 fully saturated rings. The molecule has 3 N–H and O–H groups in total. The Labute approximate surface area is 85.2 Å². The Balaban J connectivity index is 3.30. The van der Waals surface area contributed by atoms with Crippen molar-refractivity contribution >= 4 is 11.7 Å². The normalized spacial score (nSPS) is 10.3. The highest BCUT2D eigenvalue weighted by Crippen LogP contribution is 2.03. The van der Waals surface area contributed by atoms with E-state index >= 15 is 0 Å². The molecule has 0 aromatic heterocycles. The van der Waals surface area contributed by atoms with Crippen molar-refractivity contribution < 1.29 is 9.59 Å². The van der Waals surface area contributed by atoms with Crippen molar-refractivity contribution in [3.05, 3.63) is 0 Å². The molecule has 0 spiro atoms. The number of rotatable bonds is 7. The van der Waals surface area contributed by atoms with E-state index in [1.54, 1.807) is 0 Å². The summed E-state index contributed by atoms with van der Waals surface area (Å²) in [6.45, 7) is 4.45. The maximum absolute atomic E-state index is 11.2. The molecule has 0 bridgehead atoms. The highest BCUT2D eigenvalue weighted by molar-refractivity contribution is 5.80. The molecule has 0 radical (unpaired) electrons. The molecule has 0 unspecified atom stereocenters. The average Bonchev–Trinajstić information content (AvgIpc) is 2.16. The summed E-state index contributed by atoms with van der Waals surface area (Å²) in [5, 5.41) is 2.66. The first-order chi connectivity index (χ1) is 6.57. The van der Waals surface area contributed by atoms with E-state index in [1.807, 2.05) is 13.8 Å². The molecule has 0 heterocycles. The Morgan fingerprint density at radius 1 is 1.29 bits per heavy atom. The van der Waals surface area contributed by atoms with Crippen molar-refractivity contribution in [3.8, 4) is 0 Å². The van der Waals surface area contributed by atoms with Gasteiger partial charge in [0.15, 0.2) is 0 Å². The molecule has 4 nitrogen and oxygen atoms in total. The predicted octanol–water partition coefficient (Wildman–Crippen LogP) is 0.457. The van der Waals surface area contributed by atoms with Crippen molar-refractivity contribution in [1.29, 1.82) is 0 Å². The fraction of sp³-hybridized carbons (Fsp3) is 0.800. The van der Waals surface area contributed by atoms with Crippen LogP contribution in [0.3, 0.4) is 0 Å². The minimum atomic E-state index is -0.139. The number of amides is 1. The number of unbranched alkanes of at least 4 members (excludes halogenated alkanes) is 1. The molecule has 82 valence electrons. The molecule has 0 aliphatic carbocycles. The highest BCUT2D eigenvalue weighted by atomic mass is 16.1. The lowest BCUT2D eigenvalue weighted by molar-refractivity contribution is -0.122. The van der Waals surface area contributed by atoms with Crippen LogP contribution in [0, 0.1) is 5.92 Å². The van der Waals surface area contributed by atoms with E-state index in [1.165, 1.54) is 0 Å². The zero-order valence-electron chi connectivity index (χ0n) is 9.01. The van der Waals surface area contributed by atoms with E-state index in [4.69, 9.17) is 5.73 Å². The SMILES string of the molecule is CC(C)C(=O)CCCCNC(=O)CN. The largest absolute Gasteiger partial charge is 0.355 e. The van der Waals surface area contributed by atoms with Gasteiger partial charge in [0.05, 0.1) is 6.54 Å². The topological polar surface area (TPSA) is 72.2 Å². The van der Waals surface area contributed by atoms with Gasteiger partial charge in [0, 0.05) is 18.9 Å². The van der Waals surface area contributed by atoms with Gasteiger partial charge in [-0.3, -0.25) is 9.59 Å². The quantitative estimate of drug-likeness (QED) is 0.586. The number of ketones is 1. The Hall–Kier alpha value is -0.900. The summed E-state index contributed by atoms with van der Waals surface area (Å²) >= 11 is 0. The minimum absolute atomic E-state index is 0.0327. The monoisotopic (exact) mass is 200 g/mol. The fourth-order valence-electron chi connectivity index (χ4n) is 1.01. The molecule has 0 aliphatic heterocycles. The van der Waals surface area contributed by atoms with Crippen LogP contribution in [0.25, 0.3) is 0 Å². The van der Waals surface area contributed by atoms with Crippen LogP contribution in [-0.2, 0) is 9.59 Å². The predicted molar refractivity (Wildman–Crippen MR) is 55.8 cm³/mol. The zero-order valence-corrected chi connectivity index (χ0v) is 9.01. The molecule has 1 amide bonds. The number of hydrogen-bond donors (Lipinski definition) is 2. The third kappa shape index (κ3) is 6.60. The zero-order chi connectivity index (χ0) is 11.0. The van der Waals surface area contributed by atoms with Gasteiger partial charge < -0.3 is 11.1 Å². The number of hydrogen-bond acceptors (Lipinski definition) is 3. The first-order valence-electron chi connectivity index (χ1n) is 5.07. The van der Waals surface area contributed by atoms with E-state index in [0.29, 0.717) is 13.0 Å². The molecule has 0 saturated heterocycles. The molecular weight excluding hydrogens is 180 g/mol.